The van der Waals surface area contributed by atoms with Crippen molar-refractivity contribution in [3.05, 3.63) is 123 Å². The minimum atomic E-state index is -0.688. The molecule has 4 aromatic rings. The van der Waals surface area contributed by atoms with E-state index in [1.165, 1.54) is 18.4 Å². The molecule has 7 nitrogen and oxygen atoms in total. The standard InChI is InChI=1S/C31H25BrCl2N2O5S/c1-4-23-26(30(38)40-3)27(17-8-6-5-7-9-17)36-29(37)25(42-31(36)35-23)13-19-12-20(32)14-24(39-2)28(19)41-16-18-10-11-21(33)15-22(18)34/h5-15,27H,4,16H2,1-3H3/b25-13+/t27-/m0/s1. The summed E-state index contributed by atoms with van der Waals surface area (Å²) in [5.41, 5.74) is 2.75. The predicted molar refractivity (Wildman–Crippen MR) is 168 cm³/mol. The van der Waals surface area contributed by atoms with Crippen molar-refractivity contribution in [2.75, 3.05) is 14.2 Å². The molecule has 1 aromatic heterocycles. The van der Waals surface area contributed by atoms with E-state index in [0.717, 1.165) is 15.6 Å². The summed E-state index contributed by atoms with van der Waals surface area (Å²) in [5.74, 6) is 0.380. The van der Waals surface area contributed by atoms with Gasteiger partial charge in [-0.25, -0.2) is 9.79 Å². The zero-order chi connectivity index (χ0) is 30.0. The molecule has 1 aliphatic heterocycles. The highest BCUT2D eigenvalue weighted by Gasteiger charge is 2.33. The molecule has 1 aliphatic rings. The number of aromatic nitrogens is 1. The average molecular weight is 688 g/mol. The van der Waals surface area contributed by atoms with Crippen LogP contribution in [-0.4, -0.2) is 24.8 Å². The first-order chi connectivity index (χ1) is 20.2. The summed E-state index contributed by atoms with van der Waals surface area (Å²) in [6, 6.07) is 17.5. The minimum absolute atomic E-state index is 0.145. The highest BCUT2D eigenvalue weighted by atomic mass is 79.9. The van der Waals surface area contributed by atoms with Crippen LogP contribution in [0.15, 0.2) is 86.2 Å². The number of allylic oxidation sites excluding steroid dienone is 1. The van der Waals surface area contributed by atoms with Crippen LogP contribution in [-0.2, 0) is 16.1 Å². The van der Waals surface area contributed by atoms with Gasteiger partial charge in [0.15, 0.2) is 16.3 Å². The Bertz CT molecular complexity index is 1890. The molecular weight excluding hydrogens is 663 g/mol. The molecule has 2 heterocycles. The normalized spacial score (nSPS) is 14.8. The highest BCUT2D eigenvalue weighted by Crippen LogP contribution is 2.37. The van der Waals surface area contributed by atoms with Crippen LogP contribution in [0.5, 0.6) is 11.5 Å². The third-order valence-electron chi connectivity index (χ3n) is 6.71. The lowest BCUT2D eigenvalue weighted by molar-refractivity contribution is -0.136. The molecule has 0 unspecified atom stereocenters. The number of carbonyl (C=O) groups is 1. The first-order valence-electron chi connectivity index (χ1n) is 12.9. The van der Waals surface area contributed by atoms with Crippen molar-refractivity contribution in [2.45, 2.75) is 26.0 Å². The molecule has 42 heavy (non-hydrogen) atoms. The van der Waals surface area contributed by atoms with Crippen LogP contribution in [0, 0.1) is 0 Å². The summed E-state index contributed by atoms with van der Waals surface area (Å²) in [6.07, 6.45) is 2.23. The number of ether oxygens (including phenoxy) is 3. The molecule has 0 radical (unpaired) electrons. The molecule has 3 aromatic carbocycles. The second-order valence-electron chi connectivity index (χ2n) is 9.25. The lowest BCUT2D eigenvalue weighted by Crippen LogP contribution is -2.40. The maximum Gasteiger partial charge on any atom is 0.338 e. The average Bonchev–Trinajstić information content (AvgIpc) is 3.30. The second kappa shape index (κ2) is 12.9. The smallest absolute Gasteiger partial charge is 0.338 e. The number of hydrogen-bond acceptors (Lipinski definition) is 7. The third kappa shape index (κ3) is 5.92. The number of methoxy groups -OCH3 is 2. The van der Waals surface area contributed by atoms with E-state index >= 15 is 0 Å². The number of carbonyl (C=O) groups excluding carboxylic acids is 1. The van der Waals surface area contributed by atoms with Gasteiger partial charge in [0.1, 0.15) is 6.61 Å². The Kier molecular flexibility index (Phi) is 9.22. The van der Waals surface area contributed by atoms with Crippen LogP contribution in [0.2, 0.25) is 10.0 Å². The molecule has 0 fully saturated rings. The van der Waals surface area contributed by atoms with Crippen molar-refractivity contribution in [3.8, 4) is 11.5 Å². The number of halogens is 3. The van der Waals surface area contributed by atoms with E-state index < -0.39 is 12.0 Å². The monoisotopic (exact) mass is 686 g/mol. The van der Waals surface area contributed by atoms with Crippen LogP contribution >= 0.6 is 50.5 Å². The molecule has 0 amide bonds. The summed E-state index contributed by atoms with van der Waals surface area (Å²) in [4.78, 5) is 32.3. The molecular formula is C31H25BrCl2N2O5S. The molecule has 0 bridgehead atoms. The van der Waals surface area contributed by atoms with Crippen molar-refractivity contribution in [1.82, 2.24) is 4.57 Å². The number of rotatable bonds is 8. The molecule has 216 valence electrons. The van der Waals surface area contributed by atoms with E-state index in [9.17, 15) is 9.59 Å². The zero-order valence-electron chi connectivity index (χ0n) is 22.8. The van der Waals surface area contributed by atoms with Crippen LogP contribution in [0.3, 0.4) is 0 Å². The van der Waals surface area contributed by atoms with E-state index in [2.05, 4.69) is 15.9 Å². The van der Waals surface area contributed by atoms with Crippen LogP contribution in [0.4, 0.5) is 0 Å². The van der Waals surface area contributed by atoms with Gasteiger partial charge in [-0.1, -0.05) is 93.8 Å². The summed E-state index contributed by atoms with van der Waals surface area (Å²) in [6.45, 7) is 2.06. The fourth-order valence-corrected chi connectivity index (χ4v) is 6.68. The van der Waals surface area contributed by atoms with Crippen molar-refractivity contribution in [1.29, 1.82) is 0 Å². The Morgan fingerprint density at radius 3 is 2.55 bits per heavy atom. The van der Waals surface area contributed by atoms with E-state index in [-0.39, 0.29) is 12.2 Å². The Balaban J connectivity index is 1.68. The number of fused-ring (bicyclic) bond motifs is 1. The zero-order valence-corrected chi connectivity index (χ0v) is 26.7. The van der Waals surface area contributed by atoms with E-state index in [1.807, 2.05) is 43.3 Å². The Labute approximate surface area is 264 Å². The fraction of sp³-hybridized carbons (Fsp3) is 0.194. The SMILES string of the molecule is CCC1=C(C(=O)OC)[C@H](c2ccccc2)n2c(s/c(=C/c3cc(Br)cc(OC)c3OCc3ccc(Cl)cc3Cl)c2=O)=N1. The topological polar surface area (TPSA) is 79.1 Å². The summed E-state index contributed by atoms with van der Waals surface area (Å²) < 4.78 is 19.7. The fourth-order valence-electron chi connectivity index (χ4n) is 4.75. The van der Waals surface area contributed by atoms with Crippen LogP contribution in [0.25, 0.3) is 6.08 Å². The largest absolute Gasteiger partial charge is 0.493 e. The van der Waals surface area contributed by atoms with Crippen LogP contribution < -0.4 is 24.4 Å². The van der Waals surface area contributed by atoms with Crippen LogP contribution in [0.1, 0.15) is 36.1 Å². The van der Waals surface area contributed by atoms with Gasteiger partial charge >= 0.3 is 5.97 Å². The molecule has 0 N–H and O–H groups in total. The second-order valence-corrected chi connectivity index (χ2v) is 12.0. The highest BCUT2D eigenvalue weighted by molar-refractivity contribution is 9.10. The van der Waals surface area contributed by atoms with Gasteiger partial charge in [-0.2, -0.15) is 0 Å². The lowest BCUT2D eigenvalue weighted by Gasteiger charge is -2.25. The van der Waals surface area contributed by atoms with E-state index in [1.54, 1.807) is 42.0 Å². The van der Waals surface area contributed by atoms with Crippen molar-refractivity contribution < 1.29 is 19.0 Å². The quantitative estimate of drug-likeness (QED) is 0.199. The number of nitrogens with zero attached hydrogens (tertiary/aromatic N) is 2. The van der Waals surface area contributed by atoms with Crippen molar-refractivity contribution in [3.63, 3.8) is 0 Å². The van der Waals surface area contributed by atoms with Gasteiger partial charge in [0.2, 0.25) is 0 Å². The molecule has 1 atom stereocenters. The maximum atomic E-state index is 14.1. The number of hydrogen-bond donors (Lipinski definition) is 0. The predicted octanol–water partition coefficient (Wildman–Crippen LogP) is 6.46. The first-order valence-corrected chi connectivity index (χ1v) is 15.2. The molecule has 5 rings (SSSR count). The van der Waals surface area contributed by atoms with Gasteiger partial charge in [-0.15, -0.1) is 0 Å². The van der Waals surface area contributed by atoms with E-state index in [4.69, 9.17) is 42.4 Å². The Morgan fingerprint density at radius 1 is 1.12 bits per heavy atom. The summed E-state index contributed by atoms with van der Waals surface area (Å²) >= 11 is 17.2. The van der Waals surface area contributed by atoms with E-state index in [0.29, 0.717) is 54.1 Å². The maximum absolute atomic E-state index is 14.1. The third-order valence-corrected chi connectivity index (χ3v) is 8.74. The van der Waals surface area contributed by atoms with Crippen molar-refractivity contribution in [2.24, 2.45) is 4.99 Å². The molecule has 0 saturated heterocycles. The lowest BCUT2D eigenvalue weighted by atomic mass is 9.95. The summed E-state index contributed by atoms with van der Waals surface area (Å²) in [5, 5.41) is 0.999. The van der Waals surface area contributed by atoms with Crippen molar-refractivity contribution >= 4 is 62.5 Å². The molecule has 11 heteroatoms. The number of thiazole rings is 1. The van der Waals surface area contributed by atoms with Gasteiger partial charge in [0.05, 0.1) is 36.1 Å². The summed E-state index contributed by atoms with van der Waals surface area (Å²) in [7, 11) is 2.87. The Hall–Kier alpha value is -3.37. The Morgan fingerprint density at radius 2 is 1.88 bits per heavy atom. The molecule has 0 saturated carbocycles. The minimum Gasteiger partial charge on any atom is -0.493 e. The number of esters is 1. The van der Waals surface area contributed by atoms with Gasteiger partial charge in [-0.3, -0.25) is 9.36 Å². The van der Waals surface area contributed by atoms with Gasteiger partial charge in [0.25, 0.3) is 5.56 Å². The molecule has 0 aliphatic carbocycles. The number of benzene rings is 3. The molecule has 0 spiro atoms. The first kappa shape index (κ1) is 30.1. The van der Waals surface area contributed by atoms with Gasteiger partial charge in [-0.05, 0) is 42.3 Å². The van der Waals surface area contributed by atoms with Gasteiger partial charge in [0, 0.05) is 25.6 Å². The van der Waals surface area contributed by atoms with Gasteiger partial charge < -0.3 is 14.2 Å².